The first-order valence-corrected chi connectivity index (χ1v) is 4.12. The van der Waals surface area contributed by atoms with Gasteiger partial charge in [-0.2, -0.15) is 13.2 Å². The van der Waals surface area contributed by atoms with Crippen molar-refractivity contribution in [3.8, 4) is 0 Å². The van der Waals surface area contributed by atoms with Crippen LogP contribution >= 0.6 is 0 Å². The molecule has 1 rings (SSSR count). The first-order chi connectivity index (χ1) is 6.08. The molecule has 0 N–H and O–H groups in total. The van der Waals surface area contributed by atoms with Gasteiger partial charge in [0.25, 0.3) is 0 Å². The molecule has 1 saturated heterocycles. The molecule has 0 aromatic rings. The van der Waals surface area contributed by atoms with Crippen molar-refractivity contribution in [3.63, 3.8) is 0 Å². The number of allylic oxidation sites excluding steroid dienone is 1. The van der Waals surface area contributed by atoms with Crippen molar-refractivity contribution < 1.29 is 17.9 Å². The Morgan fingerprint density at radius 3 is 2.38 bits per heavy atom. The molecule has 0 aromatic carbocycles. The number of hydrogen-bond acceptors (Lipinski definition) is 2. The van der Waals surface area contributed by atoms with Gasteiger partial charge in [0.15, 0.2) is 0 Å². The number of rotatable bonds is 2. The van der Waals surface area contributed by atoms with Crippen LogP contribution in [0.2, 0.25) is 0 Å². The number of morpholine rings is 1. The molecule has 1 fully saturated rings. The van der Waals surface area contributed by atoms with E-state index < -0.39 is 6.18 Å². The third-order valence-electron chi connectivity index (χ3n) is 1.77. The quantitative estimate of drug-likeness (QED) is 0.618. The van der Waals surface area contributed by atoms with Crippen molar-refractivity contribution in [2.45, 2.75) is 6.18 Å². The van der Waals surface area contributed by atoms with E-state index >= 15 is 0 Å². The van der Waals surface area contributed by atoms with Crippen LogP contribution in [0.1, 0.15) is 0 Å². The Morgan fingerprint density at radius 2 is 1.85 bits per heavy atom. The summed E-state index contributed by atoms with van der Waals surface area (Å²) in [6.45, 7) is 2.99. The predicted octanol–water partition coefficient (Wildman–Crippen LogP) is 1.44. The summed E-state index contributed by atoms with van der Waals surface area (Å²) in [5.41, 5.74) is 0. The lowest BCUT2D eigenvalue weighted by molar-refractivity contribution is -0.0801. The molecule has 0 amide bonds. The first kappa shape index (κ1) is 10.5. The molecular formula is C8H12F3NO. The molecule has 1 aliphatic heterocycles. The van der Waals surface area contributed by atoms with Crippen LogP contribution in [-0.4, -0.2) is 43.9 Å². The van der Waals surface area contributed by atoms with E-state index in [1.54, 1.807) is 0 Å². The summed E-state index contributed by atoms with van der Waals surface area (Å²) in [5, 5.41) is 0. The van der Waals surface area contributed by atoms with Gasteiger partial charge in [0.1, 0.15) is 0 Å². The summed E-state index contributed by atoms with van der Waals surface area (Å²) in [5.74, 6) is 0. The van der Waals surface area contributed by atoms with Crippen LogP contribution in [0.4, 0.5) is 13.2 Å². The molecule has 0 spiro atoms. The van der Waals surface area contributed by atoms with Gasteiger partial charge in [0.05, 0.1) is 13.2 Å². The fourth-order valence-electron chi connectivity index (χ4n) is 1.12. The number of hydrogen-bond donors (Lipinski definition) is 0. The van der Waals surface area contributed by atoms with Gasteiger partial charge in [-0.25, -0.2) is 0 Å². The number of alkyl halides is 3. The zero-order valence-electron chi connectivity index (χ0n) is 7.18. The summed E-state index contributed by atoms with van der Waals surface area (Å²) in [7, 11) is 0. The molecule has 0 aromatic heterocycles. The second-order valence-corrected chi connectivity index (χ2v) is 2.86. The maximum absolute atomic E-state index is 11.7. The van der Waals surface area contributed by atoms with Gasteiger partial charge in [-0.1, -0.05) is 6.08 Å². The van der Waals surface area contributed by atoms with E-state index in [-0.39, 0.29) is 6.08 Å². The van der Waals surface area contributed by atoms with Crippen molar-refractivity contribution in [2.75, 3.05) is 32.8 Å². The molecule has 0 bridgehead atoms. The van der Waals surface area contributed by atoms with E-state index in [1.807, 2.05) is 4.90 Å². The van der Waals surface area contributed by atoms with E-state index in [2.05, 4.69) is 0 Å². The number of halogens is 3. The lowest BCUT2D eigenvalue weighted by Crippen LogP contribution is -2.36. The average molecular weight is 195 g/mol. The normalized spacial score (nSPS) is 21.2. The van der Waals surface area contributed by atoms with E-state index in [0.29, 0.717) is 32.8 Å². The van der Waals surface area contributed by atoms with E-state index in [0.717, 1.165) is 6.08 Å². The largest absolute Gasteiger partial charge is 0.409 e. The summed E-state index contributed by atoms with van der Waals surface area (Å²) in [6.07, 6.45) is -2.76. The van der Waals surface area contributed by atoms with Crippen LogP contribution in [0.3, 0.4) is 0 Å². The van der Waals surface area contributed by atoms with Crippen LogP contribution in [0.25, 0.3) is 0 Å². The maximum atomic E-state index is 11.7. The number of nitrogens with zero attached hydrogens (tertiary/aromatic N) is 1. The Morgan fingerprint density at radius 1 is 1.23 bits per heavy atom. The lowest BCUT2D eigenvalue weighted by Gasteiger charge is -2.25. The van der Waals surface area contributed by atoms with Crippen LogP contribution < -0.4 is 0 Å². The van der Waals surface area contributed by atoms with Gasteiger partial charge < -0.3 is 4.74 Å². The SMILES string of the molecule is FC(F)(F)C=CCN1CCOCC1. The number of ether oxygens (including phenoxy) is 1. The lowest BCUT2D eigenvalue weighted by atomic mass is 10.4. The minimum atomic E-state index is -4.19. The monoisotopic (exact) mass is 195 g/mol. The van der Waals surface area contributed by atoms with Crippen LogP contribution in [0.15, 0.2) is 12.2 Å². The van der Waals surface area contributed by atoms with E-state index in [1.165, 1.54) is 0 Å². The molecule has 0 saturated carbocycles. The van der Waals surface area contributed by atoms with Crippen molar-refractivity contribution in [2.24, 2.45) is 0 Å². The van der Waals surface area contributed by atoms with Crippen LogP contribution in [-0.2, 0) is 4.74 Å². The van der Waals surface area contributed by atoms with Crippen LogP contribution in [0, 0.1) is 0 Å². The highest BCUT2D eigenvalue weighted by Gasteiger charge is 2.21. The Bertz CT molecular complexity index is 173. The first-order valence-electron chi connectivity index (χ1n) is 4.12. The van der Waals surface area contributed by atoms with Gasteiger partial charge in [0, 0.05) is 25.7 Å². The Labute approximate surface area is 75.0 Å². The molecule has 0 atom stereocenters. The smallest absolute Gasteiger partial charge is 0.379 e. The summed E-state index contributed by atoms with van der Waals surface area (Å²) >= 11 is 0. The third-order valence-corrected chi connectivity index (χ3v) is 1.77. The highest BCUT2D eigenvalue weighted by Crippen LogP contribution is 2.15. The topological polar surface area (TPSA) is 12.5 Å². The van der Waals surface area contributed by atoms with Gasteiger partial charge >= 0.3 is 6.18 Å². The molecule has 0 radical (unpaired) electrons. The van der Waals surface area contributed by atoms with E-state index in [4.69, 9.17) is 4.74 Å². The van der Waals surface area contributed by atoms with Crippen molar-refractivity contribution >= 4 is 0 Å². The summed E-state index contributed by atoms with van der Waals surface area (Å²) in [4.78, 5) is 1.92. The molecule has 0 unspecified atom stereocenters. The highest BCUT2D eigenvalue weighted by molar-refractivity contribution is 4.91. The van der Waals surface area contributed by atoms with Crippen molar-refractivity contribution in [3.05, 3.63) is 12.2 Å². The minimum absolute atomic E-state index is 0.280. The van der Waals surface area contributed by atoms with Crippen LogP contribution in [0.5, 0.6) is 0 Å². The maximum Gasteiger partial charge on any atom is 0.409 e. The predicted molar refractivity (Wildman–Crippen MR) is 42.5 cm³/mol. The fourth-order valence-corrected chi connectivity index (χ4v) is 1.12. The summed E-state index contributed by atoms with van der Waals surface area (Å²) in [6, 6.07) is 0. The average Bonchev–Trinajstić information content (AvgIpc) is 2.04. The second kappa shape index (κ2) is 4.62. The zero-order chi connectivity index (χ0) is 9.73. The standard InChI is InChI=1S/C8H12F3NO/c9-8(10,11)2-1-3-12-4-6-13-7-5-12/h1-2H,3-7H2. The Kier molecular flexibility index (Phi) is 3.74. The van der Waals surface area contributed by atoms with Crippen molar-refractivity contribution in [1.29, 1.82) is 0 Å². The zero-order valence-corrected chi connectivity index (χ0v) is 7.18. The summed E-state index contributed by atoms with van der Waals surface area (Å²) < 4.78 is 40.1. The Hall–Kier alpha value is -0.550. The molecule has 76 valence electrons. The Balaban J connectivity index is 2.21. The molecule has 5 heteroatoms. The molecule has 0 aliphatic carbocycles. The fraction of sp³-hybridized carbons (Fsp3) is 0.750. The van der Waals surface area contributed by atoms with E-state index in [9.17, 15) is 13.2 Å². The molecule has 1 aliphatic rings. The van der Waals surface area contributed by atoms with Crippen molar-refractivity contribution in [1.82, 2.24) is 4.90 Å². The van der Waals surface area contributed by atoms with Gasteiger partial charge in [-0.15, -0.1) is 0 Å². The molecule has 1 heterocycles. The minimum Gasteiger partial charge on any atom is -0.379 e. The van der Waals surface area contributed by atoms with Gasteiger partial charge in [-0.05, 0) is 0 Å². The van der Waals surface area contributed by atoms with Gasteiger partial charge in [-0.3, -0.25) is 4.90 Å². The molecular weight excluding hydrogens is 183 g/mol. The van der Waals surface area contributed by atoms with Gasteiger partial charge in [0.2, 0.25) is 0 Å². The highest BCUT2D eigenvalue weighted by atomic mass is 19.4. The third kappa shape index (κ3) is 4.90. The molecule has 2 nitrogen and oxygen atoms in total. The molecule has 13 heavy (non-hydrogen) atoms. The second-order valence-electron chi connectivity index (χ2n) is 2.86.